The molecule has 114 valence electrons. The van der Waals surface area contributed by atoms with Gasteiger partial charge in [0.05, 0.1) is 0 Å². The Kier molecular flexibility index (Phi) is 4.65. The number of aryl methyl sites for hydroxylation is 1. The van der Waals surface area contributed by atoms with E-state index in [0.29, 0.717) is 0 Å². The number of allylic oxidation sites excluding steroid dienone is 2. The summed E-state index contributed by atoms with van der Waals surface area (Å²) in [7, 11) is 0. The van der Waals surface area contributed by atoms with Crippen molar-refractivity contribution in [3.05, 3.63) is 76.9 Å². The van der Waals surface area contributed by atoms with Crippen molar-refractivity contribution < 1.29 is 22.7 Å². The van der Waals surface area contributed by atoms with Crippen LogP contribution in [0.2, 0.25) is 0 Å². The second-order valence-corrected chi connectivity index (χ2v) is 4.67. The molecule has 5 heteroatoms. The van der Waals surface area contributed by atoms with E-state index in [4.69, 9.17) is 5.11 Å². The Bertz CT molecular complexity index is 663. The van der Waals surface area contributed by atoms with Gasteiger partial charge in [0.25, 0.3) is 0 Å². The Morgan fingerprint density at radius 2 is 1.05 bits per heavy atom. The molecule has 1 nitrogen and oxygen atoms in total. The molecule has 0 aliphatic heterocycles. The second-order valence-electron chi connectivity index (χ2n) is 4.67. The number of aromatic hydroxyl groups is 1. The average Bonchev–Trinajstić information content (AvgIpc) is 2.53. The van der Waals surface area contributed by atoms with Crippen molar-refractivity contribution in [1.82, 2.24) is 0 Å². The molecular formula is C17H12F4O. The van der Waals surface area contributed by atoms with Crippen LogP contribution in [-0.4, -0.2) is 5.11 Å². The molecule has 2 rings (SSSR count). The first-order valence-electron chi connectivity index (χ1n) is 6.37. The zero-order valence-corrected chi connectivity index (χ0v) is 11.6. The van der Waals surface area contributed by atoms with Crippen molar-refractivity contribution in [2.45, 2.75) is 6.92 Å². The zero-order chi connectivity index (χ0) is 16.3. The van der Waals surface area contributed by atoms with Gasteiger partial charge >= 0.3 is 0 Å². The molecular weight excluding hydrogens is 296 g/mol. The summed E-state index contributed by atoms with van der Waals surface area (Å²) in [6.45, 7) is 1.76. The molecule has 0 radical (unpaired) electrons. The van der Waals surface area contributed by atoms with Gasteiger partial charge in [0.15, 0.2) is 23.3 Å². The highest BCUT2D eigenvalue weighted by atomic mass is 19.2. The van der Waals surface area contributed by atoms with Crippen LogP contribution in [0.25, 0.3) is 11.7 Å². The maximum atomic E-state index is 13.9. The monoisotopic (exact) mass is 308 g/mol. The first kappa shape index (κ1) is 15.8. The fourth-order valence-corrected chi connectivity index (χ4v) is 1.75. The van der Waals surface area contributed by atoms with Crippen LogP contribution in [0.15, 0.2) is 60.2 Å². The van der Waals surface area contributed by atoms with Gasteiger partial charge in [-0.2, -0.15) is 0 Å². The van der Waals surface area contributed by atoms with Crippen molar-refractivity contribution in [1.29, 1.82) is 0 Å². The standard InChI is InChI=1S/C17H12F4O/c1-10-2-4-11(5-3-10)14(18)16(20)17(21)15(19)12-6-8-13(22)9-7-12/h2-9,22H,1H3/b16-14+,17-15+. The highest BCUT2D eigenvalue weighted by Gasteiger charge is 2.19. The Hall–Kier alpha value is -2.56. The molecule has 2 aromatic rings. The molecule has 0 saturated carbocycles. The van der Waals surface area contributed by atoms with E-state index < -0.39 is 23.3 Å². The van der Waals surface area contributed by atoms with Gasteiger partial charge in [0.2, 0.25) is 0 Å². The third kappa shape index (κ3) is 3.36. The molecule has 2 aromatic carbocycles. The quantitative estimate of drug-likeness (QED) is 0.576. The summed E-state index contributed by atoms with van der Waals surface area (Å²) in [4.78, 5) is 0. The molecule has 0 aromatic heterocycles. The topological polar surface area (TPSA) is 20.2 Å². The number of phenols is 1. The number of hydrogen-bond acceptors (Lipinski definition) is 1. The Morgan fingerprint density at radius 3 is 1.45 bits per heavy atom. The lowest BCUT2D eigenvalue weighted by molar-refractivity contribution is 0.475. The molecule has 0 saturated heterocycles. The van der Waals surface area contributed by atoms with Gasteiger partial charge in [-0.3, -0.25) is 0 Å². The minimum Gasteiger partial charge on any atom is -0.508 e. The van der Waals surface area contributed by atoms with E-state index in [9.17, 15) is 17.6 Å². The maximum Gasteiger partial charge on any atom is 0.198 e. The Labute approximate surface area is 124 Å². The largest absolute Gasteiger partial charge is 0.508 e. The summed E-state index contributed by atoms with van der Waals surface area (Å²) in [6.07, 6.45) is 0. The van der Waals surface area contributed by atoms with Gasteiger partial charge in [0, 0.05) is 11.1 Å². The molecule has 22 heavy (non-hydrogen) atoms. The Morgan fingerprint density at radius 1 is 0.682 bits per heavy atom. The molecule has 0 fully saturated rings. The zero-order valence-electron chi connectivity index (χ0n) is 11.6. The minimum absolute atomic E-state index is 0.154. The lowest BCUT2D eigenvalue weighted by atomic mass is 10.1. The Balaban J connectivity index is 2.43. The summed E-state index contributed by atoms with van der Waals surface area (Å²) in [5.41, 5.74) is 0.335. The third-order valence-corrected chi connectivity index (χ3v) is 3.00. The molecule has 0 bridgehead atoms. The van der Waals surface area contributed by atoms with E-state index in [-0.39, 0.29) is 16.9 Å². The number of phenolic OH excluding ortho intramolecular Hbond substituents is 1. The molecule has 0 amide bonds. The van der Waals surface area contributed by atoms with Crippen LogP contribution in [0.4, 0.5) is 17.6 Å². The smallest absolute Gasteiger partial charge is 0.198 e. The summed E-state index contributed by atoms with van der Waals surface area (Å²) in [6, 6.07) is 9.94. The number of halogens is 4. The van der Waals surface area contributed by atoms with Gasteiger partial charge in [-0.1, -0.05) is 29.8 Å². The fraction of sp³-hybridized carbons (Fsp3) is 0.0588. The van der Waals surface area contributed by atoms with Crippen molar-refractivity contribution in [3.63, 3.8) is 0 Å². The maximum absolute atomic E-state index is 13.9. The second kappa shape index (κ2) is 6.47. The van der Waals surface area contributed by atoms with Crippen molar-refractivity contribution in [3.8, 4) is 5.75 Å². The van der Waals surface area contributed by atoms with Crippen LogP contribution in [0, 0.1) is 6.92 Å². The van der Waals surface area contributed by atoms with Crippen LogP contribution >= 0.6 is 0 Å². The summed E-state index contributed by atoms with van der Waals surface area (Å²) in [5.74, 6) is -7.01. The first-order valence-corrected chi connectivity index (χ1v) is 6.37. The van der Waals surface area contributed by atoms with Crippen LogP contribution < -0.4 is 0 Å². The number of hydrogen-bond donors (Lipinski definition) is 1. The van der Waals surface area contributed by atoms with Crippen molar-refractivity contribution in [2.75, 3.05) is 0 Å². The minimum atomic E-state index is -1.93. The first-order chi connectivity index (χ1) is 10.4. The molecule has 0 heterocycles. The molecule has 0 spiro atoms. The molecule has 0 unspecified atom stereocenters. The lowest BCUT2D eigenvalue weighted by Crippen LogP contribution is -1.88. The van der Waals surface area contributed by atoms with Crippen molar-refractivity contribution >= 4 is 11.7 Å². The highest BCUT2D eigenvalue weighted by Crippen LogP contribution is 2.33. The predicted octanol–water partition coefficient (Wildman–Crippen LogP) is 5.62. The molecule has 0 atom stereocenters. The fourth-order valence-electron chi connectivity index (χ4n) is 1.75. The van der Waals surface area contributed by atoms with Gasteiger partial charge in [-0.05, 0) is 31.2 Å². The van der Waals surface area contributed by atoms with Crippen LogP contribution in [0.1, 0.15) is 16.7 Å². The van der Waals surface area contributed by atoms with Crippen LogP contribution in [-0.2, 0) is 0 Å². The molecule has 0 aliphatic carbocycles. The summed E-state index contributed by atoms with van der Waals surface area (Å²) in [5, 5.41) is 9.07. The number of rotatable bonds is 3. The summed E-state index contributed by atoms with van der Waals surface area (Å²) >= 11 is 0. The van der Waals surface area contributed by atoms with E-state index in [2.05, 4.69) is 0 Å². The lowest BCUT2D eigenvalue weighted by Gasteiger charge is -2.03. The van der Waals surface area contributed by atoms with E-state index in [1.165, 1.54) is 24.3 Å². The number of benzene rings is 2. The van der Waals surface area contributed by atoms with Gasteiger partial charge < -0.3 is 5.11 Å². The van der Waals surface area contributed by atoms with E-state index in [1.807, 2.05) is 0 Å². The van der Waals surface area contributed by atoms with Gasteiger partial charge in [-0.25, -0.2) is 17.6 Å². The normalized spacial score (nSPS) is 13.5. The van der Waals surface area contributed by atoms with Gasteiger partial charge in [0.1, 0.15) is 5.75 Å². The average molecular weight is 308 g/mol. The van der Waals surface area contributed by atoms with Crippen molar-refractivity contribution in [2.24, 2.45) is 0 Å². The van der Waals surface area contributed by atoms with E-state index in [0.717, 1.165) is 29.8 Å². The van der Waals surface area contributed by atoms with Gasteiger partial charge in [-0.15, -0.1) is 0 Å². The van der Waals surface area contributed by atoms with Crippen LogP contribution in [0.5, 0.6) is 5.75 Å². The SMILES string of the molecule is Cc1ccc(/C(F)=C(F)/C(F)=C(\F)c2ccc(O)cc2)cc1. The third-order valence-electron chi connectivity index (χ3n) is 3.00. The molecule has 1 N–H and O–H groups in total. The molecule has 0 aliphatic rings. The highest BCUT2D eigenvalue weighted by molar-refractivity contribution is 5.71. The summed E-state index contributed by atoms with van der Waals surface area (Å²) < 4.78 is 55.2. The van der Waals surface area contributed by atoms with E-state index >= 15 is 0 Å². The predicted molar refractivity (Wildman–Crippen MR) is 77.6 cm³/mol. The van der Waals surface area contributed by atoms with E-state index in [1.54, 1.807) is 6.92 Å². The van der Waals surface area contributed by atoms with Crippen LogP contribution in [0.3, 0.4) is 0 Å².